The van der Waals surface area contributed by atoms with Gasteiger partial charge in [-0.15, -0.1) is 10.1 Å². The summed E-state index contributed by atoms with van der Waals surface area (Å²) in [6, 6.07) is 16.8. The minimum atomic E-state index is -0.862. The number of rotatable bonds is 14. The highest BCUT2D eigenvalue weighted by Crippen LogP contribution is 2.29. The van der Waals surface area contributed by atoms with E-state index in [-0.39, 0.29) is 25.4 Å². The van der Waals surface area contributed by atoms with Gasteiger partial charge in [-0.2, -0.15) is 0 Å². The summed E-state index contributed by atoms with van der Waals surface area (Å²) in [4.78, 5) is 38.7. The number of unbranched alkanes of at least 4 members (excludes halogenated alkanes) is 1. The number of carbonyl (C=O) groups is 2. The van der Waals surface area contributed by atoms with Crippen molar-refractivity contribution in [3.8, 4) is 11.5 Å². The predicted molar refractivity (Wildman–Crippen MR) is 139 cm³/mol. The van der Waals surface area contributed by atoms with Crippen molar-refractivity contribution in [2.45, 2.75) is 25.9 Å². The van der Waals surface area contributed by atoms with E-state index in [1.165, 1.54) is 13.2 Å². The molecule has 0 unspecified atom stereocenters. The Morgan fingerprint density at radius 2 is 1.61 bits per heavy atom. The van der Waals surface area contributed by atoms with Gasteiger partial charge in [0.15, 0.2) is 11.5 Å². The van der Waals surface area contributed by atoms with Gasteiger partial charge in [-0.25, -0.2) is 4.79 Å². The number of hydrogen-bond donors (Lipinski definition) is 0. The molecule has 0 heterocycles. The molecule has 0 aliphatic rings. The van der Waals surface area contributed by atoms with Gasteiger partial charge in [0, 0.05) is 13.2 Å². The van der Waals surface area contributed by atoms with Crippen LogP contribution in [0.5, 0.6) is 11.5 Å². The van der Waals surface area contributed by atoms with Crippen LogP contribution in [0.25, 0.3) is 16.8 Å². The van der Waals surface area contributed by atoms with E-state index >= 15 is 0 Å². The van der Waals surface area contributed by atoms with E-state index in [0.29, 0.717) is 30.8 Å². The normalized spacial score (nSPS) is 10.9. The lowest BCUT2D eigenvalue weighted by molar-refractivity contribution is -0.757. The van der Waals surface area contributed by atoms with Crippen LogP contribution in [-0.2, 0) is 36.9 Å². The fraction of sp³-hybridized carbons (Fsp3) is 0.286. The molecule has 0 saturated heterocycles. The molecule has 0 aliphatic heterocycles. The van der Waals surface area contributed by atoms with Gasteiger partial charge in [0.2, 0.25) is 0 Å². The maximum atomic E-state index is 12.6. The molecule has 3 rings (SSSR count). The number of hydrogen-bond acceptors (Lipinski definition) is 9. The van der Waals surface area contributed by atoms with Crippen LogP contribution >= 0.6 is 0 Å². The largest absolute Gasteiger partial charge is 0.493 e. The fourth-order valence-corrected chi connectivity index (χ4v) is 3.64. The first-order valence-corrected chi connectivity index (χ1v) is 11.9. The molecular weight excluding hydrogens is 494 g/mol. The molecule has 0 atom stereocenters. The van der Waals surface area contributed by atoms with Gasteiger partial charge in [0.25, 0.3) is 5.09 Å². The zero-order valence-electron chi connectivity index (χ0n) is 21.2. The number of esters is 2. The number of methoxy groups -OCH3 is 2. The van der Waals surface area contributed by atoms with Crippen LogP contribution in [-0.4, -0.2) is 44.5 Å². The van der Waals surface area contributed by atoms with Crippen molar-refractivity contribution < 1.29 is 38.5 Å². The summed E-state index contributed by atoms with van der Waals surface area (Å²) in [5, 5.41) is 11.3. The Morgan fingerprint density at radius 1 is 0.895 bits per heavy atom. The molecule has 38 heavy (non-hydrogen) atoms. The topological polar surface area (TPSA) is 123 Å². The lowest BCUT2D eigenvalue weighted by atomic mass is 10.0. The summed E-state index contributed by atoms with van der Waals surface area (Å²) in [5.41, 5.74) is 2.54. The first-order chi connectivity index (χ1) is 18.4. The third-order valence-corrected chi connectivity index (χ3v) is 5.43. The lowest BCUT2D eigenvalue weighted by Gasteiger charge is -2.10. The Kier molecular flexibility index (Phi) is 10.6. The Labute approximate surface area is 219 Å². The monoisotopic (exact) mass is 523 g/mol. The first kappa shape index (κ1) is 28.1. The number of ether oxygens (including phenoxy) is 4. The highest BCUT2D eigenvalue weighted by atomic mass is 16.9. The van der Waals surface area contributed by atoms with Crippen LogP contribution in [0.2, 0.25) is 0 Å². The van der Waals surface area contributed by atoms with Crippen molar-refractivity contribution in [2.24, 2.45) is 0 Å². The SMILES string of the molecule is COCc1ccc2cc(CC(=O)Oc3ccc(/C=C/C(=O)OCCCCO[N+](=O)[O-])cc3OC)ccc2c1. The predicted octanol–water partition coefficient (Wildman–Crippen LogP) is 4.69. The Morgan fingerprint density at radius 3 is 2.32 bits per heavy atom. The number of carbonyl (C=O) groups excluding carboxylic acids is 2. The summed E-state index contributed by atoms with van der Waals surface area (Å²) >= 11 is 0. The van der Waals surface area contributed by atoms with Gasteiger partial charge >= 0.3 is 11.9 Å². The molecule has 0 N–H and O–H groups in total. The van der Waals surface area contributed by atoms with E-state index in [0.717, 1.165) is 21.9 Å². The molecule has 200 valence electrons. The molecule has 0 bridgehead atoms. The second-order valence-electron chi connectivity index (χ2n) is 8.27. The molecule has 0 saturated carbocycles. The molecule has 10 nitrogen and oxygen atoms in total. The van der Waals surface area contributed by atoms with Crippen LogP contribution in [0, 0.1) is 10.1 Å². The molecule has 0 radical (unpaired) electrons. The molecule has 0 spiro atoms. The van der Waals surface area contributed by atoms with Crippen LogP contribution < -0.4 is 9.47 Å². The highest BCUT2D eigenvalue weighted by molar-refractivity contribution is 5.87. The van der Waals surface area contributed by atoms with Crippen molar-refractivity contribution in [3.05, 3.63) is 87.5 Å². The van der Waals surface area contributed by atoms with Crippen molar-refractivity contribution >= 4 is 28.8 Å². The highest BCUT2D eigenvalue weighted by Gasteiger charge is 2.12. The Hall–Kier alpha value is -4.44. The molecule has 0 fully saturated rings. The maximum absolute atomic E-state index is 12.6. The smallest absolute Gasteiger partial charge is 0.330 e. The summed E-state index contributed by atoms with van der Waals surface area (Å²) in [6.45, 7) is 0.611. The number of nitrogens with zero attached hydrogens (tertiary/aromatic N) is 1. The molecule has 10 heteroatoms. The van der Waals surface area contributed by atoms with E-state index in [9.17, 15) is 19.7 Å². The molecule has 0 amide bonds. The second-order valence-corrected chi connectivity index (χ2v) is 8.27. The lowest BCUT2D eigenvalue weighted by Crippen LogP contribution is -2.12. The van der Waals surface area contributed by atoms with Crippen LogP contribution in [0.1, 0.15) is 29.5 Å². The maximum Gasteiger partial charge on any atom is 0.330 e. The number of fused-ring (bicyclic) bond motifs is 1. The zero-order valence-corrected chi connectivity index (χ0v) is 21.2. The van der Waals surface area contributed by atoms with Crippen molar-refractivity contribution in [1.82, 2.24) is 0 Å². The standard InChI is InChI=1S/C28H29NO9/c1-34-19-22-6-10-23-15-21(5-9-24(23)16-22)18-28(31)38-25-11-7-20(17-26(25)35-2)8-12-27(30)36-13-3-4-14-37-29(32)33/h5-12,15-17H,3-4,13-14,18-19H2,1-2H3/b12-8+. The van der Waals surface area contributed by atoms with E-state index < -0.39 is 17.0 Å². The van der Waals surface area contributed by atoms with Gasteiger partial charge in [-0.3, -0.25) is 4.79 Å². The number of benzene rings is 3. The molecule has 0 aliphatic carbocycles. The van der Waals surface area contributed by atoms with Crippen molar-refractivity contribution in [2.75, 3.05) is 27.4 Å². The third kappa shape index (κ3) is 8.90. The molecule has 0 aromatic heterocycles. The second kappa shape index (κ2) is 14.3. The molecule has 3 aromatic rings. The van der Waals surface area contributed by atoms with Crippen LogP contribution in [0.15, 0.2) is 60.7 Å². The van der Waals surface area contributed by atoms with Crippen molar-refractivity contribution in [3.63, 3.8) is 0 Å². The van der Waals surface area contributed by atoms with Crippen LogP contribution in [0.3, 0.4) is 0 Å². The minimum Gasteiger partial charge on any atom is -0.493 e. The zero-order chi connectivity index (χ0) is 27.3. The summed E-state index contributed by atoms with van der Waals surface area (Å²) in [7, 11) is 3.11. The van der Waals surface area contributed by atoms with E-state index in [2.05, 4.69) is 10.9 Å². The summed E-state index contributed by atoms with van der Waals surface area (Å²) in [5.74, 6) is -0.392. The Balaban J connectivity index is 1.53. The van der Waals surface area contributed by atoms with Crippen LogP contribution in [0.4, 0.5) is 0 Å². The van der Waals surface area contributed by atoms with Gasteiger partial charge in [-0.1, -0.05) is 36.4 Å². The van der Waals surface area contributed by atoms with Gasteiger partial charge in [-0.05, 0) is 64.6 Å². The van der Waals surface area contributed by atoms with Crippen molar-refractivity contribution in [1.29, 1.82) is 0 Å². The van der Waals surface area contributed by atoms with E-state index in [4.69, 9.17) is 18.9 Å². The summed E-state index contributed by atoms with van der Waals surface area (Å²) in [6.07, 6.45) is 3.72. The van der Waals surface area contributed by atoms with Gasteiger partial charge in [0.05, 0.1) is 33.4 Å². The van der Waals surface area contributed by atoms with Gasteiger partial charge < -0.3 is 23.8 Å². The molecule has 3 aromatic carbocycles. The fourth-order valence-electron chi connectivity index (χ4n) is 3.64. The van der Waals surface area contributed by atoms with Gasteiger partial charge in [0.1, 0.15) is 0 Å². The average molecular weight is 524 g/mol. The first-order valence-electron chi connectivity index (χ1n) is 11.9. The minimum absolute atomic E-state index is 0.0462. The average Bonchev–Trinajstić information content (AvgIpc) is 2.90. The van der Waals surface area contributed by atoms with E-state index in [1.54, 1.807) is 31.4 Å². The third-order valence-electron chi connectivity index (χ3n) is 5.43. The summed E-state index contributed by atoms with van der Waals surface area (Å²) < 4.78 is 21.1. The quantitative estimate of drug-likeness (QED) is 0.0739. The van der Waals surface area contributed by atoms with E-state index in [1.807, 2.05) is 30.3 Å². The molecular formula is C28H29NO9. The Bertz CT molecular complexity index is 1300.